The molecule has 0 saturated carbocycles. The van der Waals surface area contributed by atoms with Gasteiger partial charge in [0.25, 0.3) is 0 Å². The average molecular weight is 282 g/mol. The number of rotatable bonds is 6. The molecule has 2 heterocycles. The molecule has 3 unspecified atom stereocenters. The summed E-state index contributed by atoms with van der Waals surface area (Å²) in [6.45, 7) is 7.22. The summed E-state index contributed by atoms with van der Waals surface area (Å²) in [6, 6.07) is 4.90. The van der Waals surface area contributed by atoms with Gasteiger partial charge in [-0.25, -0.2) is 0 Å². The first-order chi connectivity index (χ1) is 9.26. The van der Waals surface area contributed by atoms with Gasteiger partial charge in [-0.1, -0.05) is 13.0 Å². The molecule has 3 atom stereocenters. The van der Waals surface area contributed by atoms with Crippen molar-refractivity contribution < 1.29 is 4.74 Å². The third-order valence-electron chi connectivity index (χ3n) is 3.92. The molecule has 0 aromatic carbocycles. The first-order valence-electron chi connectivity index (χ1n) is 7.40. The van der Waals surface area contributed by atoms with Gasteiger partial charge in [-0.15, -0.1) is 11.3 Å². The fraction of sp³-hybridized carbons (Fsp3) is 0.733. The predicted octanol–water partition coefficient (Wildman–Crippen LogP) is 3.03. The van der Waals surface area contributed by atoms with E-state index in [0.717, 1.165) is 26.1 Å². The summed E-state index contributed by atoms with van der Waals surface area (Å²) >= 11 is 1.82. The average Bonchev–Trinajstić information content (AvgIpc) is 2.93. The van der Waals surface area contributed by atoms with E-state index < -0.39 is 0 Å². The van der Waals surface area contributed by atoms with Crippen LogP contribution < -0.4 is 5.73 Å². The topological polar surface area (TPSA) is 38.5 Å². The fourth-order valence-corrected chi connectivity index (χ4v) is 3.87. The summed E-state index contributed by atoms with van der Waals surface area (Å²) in [6.07, 6.45) is 3.79. The minimum Gasteiger partial charge on any atom is -0.377 e. The van der Waals surface area contributed by atoms with Crippen molar-refractivity contribution in [3.05, 3.63) is 22.4 Å². The smallest absolute Gasteiger partial charge is 0.0702 e. The van der Waals surface area contributed by atoms with Gasteiger partial charge in [0.2, 0.25) is 0 Å². The molecule has 3 nitrogen and oxygen atoms in total. The van der Waals surface area contributed by atoms with Crippen LogP contribution in [0.4, 0.5) is 0 Å². The largest absolute Gasteiger partial charge is 0.377 e. The van der Waals surface area contributed by atoms with Crippen LogP contribution in [0.5, 0.6) is 0 Å². The Labute approximate surface area is 120 Å². The monoisotopic (exact) mass is 282 g/mol. The maximum Gasteiger partial charge on any atom is 0.0702 e. The summed E-state index contributed by atoms with van der Waals surface area (Å²) in [4.78, 5) is 3.93. The quantitative estimate of drug-likeness (QED) is 0.871. The molecule has 1 aromatic heterocycles. The van der Waals surface area contributed by atoms with Gasteiger partial charge < -0.3 is 10.5 Å². The Morgan fingerprint density at radius 1 is 1.53 bits per heavy atom. The molecule has 4 heteroatoms. The molecule has 0 spiro atoms. The fourth-order valence-electron chi connectivity index (χ4n) is 2.94. The zero-order valence-electron chi connectivity index (χ0n) is 12.0. The molecule has 0 amide bonds. The lowest BCUT2D eigenvalue weighted by Gasteiger charge is -2.40. The van der Waals surface area contributed by atoms with Crippen molar-refractivity contribution in [3.8, 4) is 0 Å². The van der Waals surface area contributed by atoms with E-state index in [1.54, 1.807) is 0 Å². The molecule has 1 saturated heterocycles. The van der Waals surface area contributed by atoms with Crippen molar-refractivity contribution in [2.75, 3.05) is 19.7 Å². The SMILES string of the molecule is CCOC1CCCN(C(c2cccs2)C(N)CC)C1. The van der Waals surface area contributed by atoms with Crippen LogP contribution in [0.2, 0.25) is 0 Å². The first-order valence-corrected chi connectivity index (χ1v) is 8.28. The molecule has 2 N–H and O–H groups in total. The normalized spacial score (nSPS) is 24.3. The van der Waals surface area contributed by atoms with Crippen molar-refractivity contribution in [3.63, 3.8) is 0 Å². The van der Waals surface area contributed by atoms with Crippen LogP contribution >= 0.6 is 11.3 Å². The lowest BCUT2D eigenvalue weighted by atomic mass is 9.98. The Hall–Kier alpha value is -0.420. The number of thiophene rings is 1. The van der Waals surface area contributed by atoms with Gasteiger partial charge in [0.15, 0.2) is 0 Å². The number of likely N-dealkylation sites (tertiary alicyclic amines) is 1. The van der Waals surface area contributed by atoms with Crippen LogP contribution in [0.25, 0.3) is 0 Å². The van der Waals surface area contributed by atoms with Gasteiger partial charge in [-0.05, 0) is 44.2 Å². The second-order valence-corrected chi connectivity index (χ2v) is 6.23. The minimum atomic E-state index is 0.207. The lowest BCUT2D eigenvalue weighted by molar-refractivity contribution is -0.0110. The van der Waals surface area contributed by atoms with Gasteiger partial charge in [0.05, 0.1) is 12.1 Å². The summed E-state index contributed by atoms with van der Waals surface area (Å²) in [5.74, 6) is 0. The molecule has 0 radical (unpaired) electrons. The van der Waals surface area contributed by atoms with E-state index in [4.69, 9.17) is 10.5 Å². The Morgan fingerprint density at radius 2 is 2.37 bits per heavy atom. The van der Waals surface area contributed by atoms with E-state index in [9.17, 15) is 0 Å². The highest BCUT2D eigenvalue weighted by molar-refractivity contribution is 7.10. The van der Waals surface area contributed by atoms with Crippen LogP contribution in [-0.4, -0.2) is 36.7 Å². The van der Waals surface area contributed by atoms with E-state index >= 15 is 0 Å². The number of nitrogens with two attached hydrogens (primary N) is 1. The first kappa shape index (κ1) is 15.0. The third kappa shape index (κ3) is 3.78. The van der Waals surface area contributed by atoms with Crippen LogP contribution in [0.15, 0.2) is 17.5 Å². The zero-order valence-corrected chi connectivity index (χ0v) is 12.9. The van der Waals surface area contributed by atoms with Crippen LogP contribution in [0, 0.1) is 0 Å². The molecule has 0 bridgehead atoms. The second kappa shape index (κ2) is 7.39. The van der Waals surface area contributed by atoms with Crippen LogP contribution in [0.1, 0.15) is 44.0 Å². The molecular formula is C15H26N2OS. The van der Waals surface area contributed by atoms with Crippen molar-refractivity contribution in [1.82, 2.24) is 4.90 Å². The molecule has 1 aliphatic heterocycles. The predicted molar refractivity (Wildman–Crippen MR) is 81.5 cm³/mol. The number of ether oxygens (including phenoxy) is 1. The van der Waals surface area contributed by atoms with Crippen molar-refractivity contribution in [2.45, 2.75) is 51.3 Å². The Morgan fingerprint density at radius 3 is 3.00 bits per heavy atom. The highest BCUT2D eigenvalue weighted by atomic mass is 32.1. The number of nitrogens with zero attached hydrogens (tertiary/aromatic N) is 1. The van der Waals surface area contributed by atoms with E-state index in [1.165, 1.54) is 17.7 Å². The Balaban J connectivity index is 2.09. The third-order valence-corrected chi connectivity index (χ3v) is 4.86. The summed E-state index contributed by atoms with van der Waals surface area (Å²) in [5, 5.41) is 2.15. The number of hydrogen-bond donors (Lipinski definition) is 1. The molecule has 108 valence electrons. The summed E-state index contributed by atoms with van der Waals surface area (Å²) in [7, 11) is 0. The second-order valence-electron chi connectivity index (χ2n) is 5.25. The maximum atomic E-state index is 6.38. The highest BCUT2D eigenvalue weighted by Crippen LogP contribution is 2.31. The Kier molecular flexibility index (Phi) is 5.82. The molecule has 1 fully saturated rings. The van der Waals surface area contributed by atoms with E-state index in [2.05, 4.69) is 36.3 Å². The molecule has 19 heavy (non-hydrogen) atoms. The molecular weight excluding hydrogens is 256 g/mol. The zero-order chi connectivity index (χ0) is 13.7. The van der Waals surface area contributed by atoms with Gasteiger partial charge in [0, 0.05) is 24.1 Å². The Bertz CT molecular complexity index is 353. The summed E-state index contributed by atoms with van der Waals surface area (Å²) in [5.41, 5.74) is 6.38. The van der Waals surface area contributed by atoms with E-state index in [1.807, 2.05) is 11.3 Å². The lowest BCUT2D eigenvalue weighted by Crippen LogP contribution is -2.47. The van der Waals surface area contributed by atoms with Gasteiger partial charge >= 0.3 is 0 Å². The minimum absolute atomic E-state index is 0.207. The maximum absolute atomic E-state index is 6.38. The van der Waals surface area contributed by atoms with Crippen molar-refractivity contribution >= 4 is 11.3 Å². The highest BCUT2D eigenvalue weighted by Gasteiger charge is 2.30. The van der Waals surface area contributed by atoms with Crippen molar-refractivity contribution in [1.29, 1.82) is 0 Å². The molecule has 1 aliphatic rings. The van der Waals surface area contributed by atoms with E-state index in [-0.39, 0.29) is 6.04 Å². The molecule has 0 aliphatic carbocycles. The van der Waals surface area contributed by atoms with Gasteiger partial charge in [0.1, 0.15) is 0 Å². The number of hydrogen-bond acceptors (Lipinski definition) is 4. The van der Waals surface area contributed by atoms with Crippen LogP contribution in [-0.2, 0) is 4.74 Å². The van der Waals surface area contributed by atoms with Crippen LogP contribution in [0.3, 0.4) is 0 Å². The van der Waals surface area contributed by atoms with Crippen molar-refractivity contribution in [2.24, 2.45) is 5.73 Å². The van der Waals surface area contributed by atoms with E-state index in [0.29, 0.717) is 12.1 Å². The molecule has 2 rings (SSSR count). The molecule has 1 aromatic rings. The summed E-state index contributed by atoms with van der Waals surface area (Å²) < 4.78 is 5.81. The van der Waals surface area contributed by atoms with Gasteiger partial charge in [-0.3, -0.25) is 4.90 Å². The standard InChI is InChI=1S/C15H26N2OS/c1-3-13(16)15(14-8-6-10-19-14)17-9-5-7-12(11-17)18-4-2/h6,8,10,12-13,15H,3-5,7,9,11,16H2,1-2H3. The van der Waals surface area contributed by atoms with Gasteiger partial charge in [-0.2, -0.15) is 0 Å². The number of piperidine rings is 1.